The first-order chi connectivity index (χ1) is 12.7. The van der Waals surface area contributed by atoms with Gasteiger partial charge < -0.3 is 14.8 Å². The van der Waals surface area contributed by atoms with E-state index in [9.17, 15) is 9.59 Å². The van der Waals surface area contributed by atoms with E-state index in [0.29, 0.717) is 31.1 Å². The third-order valence-corrected chi connectivity index (χ3v) is 4.78. The van der Waals surface area contributed by atoms with Gasteiger partial charge >= 0.3 is 0 Å². The van der Waals surface area contributed by atoms with Crippen LogP contribution in [0.15, 0.2) is 48.8 Å². The second-order valence-corrected chi connectivity index (χ2v) is 6.51. The molecule has 1 fully saturated rings. The molecule has 0 unspecified atom stereocenters. The Balaban J connectivity index is 1.46. The van der Waals surface area contributed by atoms with Crippen LogP contribution >= 0.6 is 0 Å². The van der Waals surface area contributed by atoms with Crippen molar-refractivity contribution in [2.45, 2.75) is 19.3 Å². The van der Waals surface area contributed by atoms with Crippen molar-refractivity contribution in [3.63, 3.8) is 0 Å². The van der Waals surface area contributed by atoms with Gasteiger partial charge in [0.25, 0.3) is 5.91 Å². The van der Waals surface area contributed by atoms with Gasteiger partial charge in [-0.1, -0.05) is 0 Å². The zero-order valence-corrected chi connectivity index (χ0v) is 14.6. The lowest BCUT2D eigenvalue weighted by Crippen LogP contribution is -2.41. The maximum atomic E-state index is 12.3. The summed E-state index contributed by atoms with van der Waals surface area (Å²) in [5, 5.41) is 11.6. The number of nitriles is 1. The van der Waals surface area contributed by atoms with E-state index >= 15 is 0 Å². The highest BCUT2D eigenvalue weighted by molar-refractivity contribution is 5.94. The number of rotatable bonds is 5. The molecule has 1 aromatic carbocycles. The normalized spacial score (nSPS) is 14.7. The van der Waals surface area contributed by atoms with Gasteiger partial charge in [-0.2, -0.15) is 5.26 Å². The molecule has 2 aromatic rings. The predicted molar refractivity (Wildman–Crippen MR) is 97.6 cm³/mol. The van der Waals surface area contributed by atoms with Crippen LogP contribution in [0.1, 0.15) is 29.6 Å². The number of benzene rings is 1. The Labute approximate surface area is 153 Å². The molecule has 6 nitrogen and oxygen atoms in total. The molecule has 1 aromatic heterocycles. The summed E-state index contributed by atoms with van der Waals surface area (Å²) in [6.45, 7) is 1.93. The molecular weight excluding hydrogens is 328 g/mol. The third kappa shape index (κ3) is 4.31. The molecule has 0 radical (unpaired) electrons. The van der Waals surface area contributed by atoms with Gasteiger partial charge in [0.2, 0.25) is 5.91 Å². The monoisotopic (exact) mass is 350 g/mol. The average Bonchev–Trinajstić information content (AvgIpc) is 3.21. The van der Waals surface area contributed by atoms with Crippen LogP contribution < -0.4 is 5.32 Å². The molecule has 0 saturated carbocycles. The fourth-order valence-corrected chi connectivity index (χ4v) is 3.20. The van der Waals surface area contributed by atoms with Gasteiger partial charge in [0.1, 0.15) is 6.42 Å². The van der Waals surface area contributed by atoms with Crippen LogP contribution in [0.2, 0.25) is 0 Å². The van der Waals surface area contributed by atoms with Gasteiger partial charge in [0.05, 0.1) is 6.07 Å². The molecule has 1 N–H and O–H groups in total. The number of aromatic nitrogens is 1. The minimum Gasteiger partial charge on any atom is -0.352 e. The molecule has 1 saturated heterocycles. The Kier molecular flexibility index (Phi) is 5.69. The lowest BCUT2D eigenvalue weighted by Gasteiger charge is -2.31. The molecule has 1 aliphatic rings. The molecular formula is C20H22N4O2. The number of carbonyl (C=O) groups is 2. The molecule has 3 rings (SSSR count). The van der Waals surface area contributed by atoms with Gasteiger partial charge in [-0.05, 0) is 55.2 Å². The molecule has 2 amide bonds. The van der Waals surface area contributed by atoms with Crippen LogP contribution in [-0.2, 0) is 4.79 Å². The average molecular weight is 350 g/mol. The highest BCUT2D eigenvalue weighted by atomic mass is 16.2. The van der Waals surface area contributed by atoms with Crippen molar-refractivity contribution < 1.29 is 9.59 Å². The maximum Gasteiger partial charge on any atom is 0.251 e. The van der Waals surface area contributed by atoms with Crippen molar-refractivity contribution in [3.8, 4) is 11.8 Å². The van der Waals surface area contributed by atoms with Gasteiger partial charge in [-0.3, -0.25) is 9.59 Å². The van der Waals surface area contributed by atoms with E-state index in [1.165, 1.54) is 0 Å². The SMILES string of the molecule is N#CCC(=O)N1CCC(CNC(=O)c2ccc(-n3cccc3)cc2)CC1. The summed E-state index contributed by atoms with van der Waals surface area (Å²) in [6.07, 6.45) is 5.57. The van der Waals surface area contributed by atoms with E-state index in [1.807, 2.05) is 59.4 Å². The van der Waals surface area contributed by atoms with Crippen molar-refractivity contribution in [1.29, 1.82) is 5.26 Å². The highest BCUT2D eigenvalue weighted by Gasteiger charge is 2.22. The van der Waals surface area contributed by atoms with E-state index in [2.05, 4.69) is 5.32 Å². The first kappa shape index (κ1) is 17.7. The minimum absolute atomic E-state index is 0.0551. The van der Waals surface area contributed by atoms with Crippen molar-refractivity contribution in [1.82, 2.24) is 14.8 Å². The van der Waals surface area contributed by atoms with Crippen LogP contribution in [0.5, 0.6) is 0 Å². The second kappa shape index (κ2) is 8.34. The molecule has 0 aliphatic carbocycles. The minimum atomic E-state index is -0.0993. The van der Waals surface area contributed by atoms with Crippen LogP contribution in [0.25, 0.3) is 5.69 Å². The van der Waals surface area contributed by atoms with Crippen molar-refractivity contribution >= 4 is 11.8 Å². The molecule has 1 aliphatic heterocycles. The first-order valence-electron chi connectivity index (χ1n) is 8.83. The summed E-state index contributed by atoms with van der Waals surface area (Å²) in [7, 11) is 0. The Morgan fingerprint density at radius 3 is 2.38 bits per heavy atom. The number of hydrogen-bond acceptors (Lipinski definition) is 3. The number of carbonyl (C=O) groups excluding carboxylic acids is 2. The van der Waals surface area contributed by atoms with Crippen LogP contribution in [0.3, 0.4) is 0 Å². The molecule has 26 heavy (non-hydrogen) atoms. The number of nitrogens with one attached hydrogen (secondary N) is 1. The fourth-order valence-electron chi connectivity index (χ4n) is 3.20. The number of nitrogens with zero attached hydrogens (tertiary/aromatic N) is 3. The van der Waals surface area contributed by atoms with Gasteiger partial charge in [-0.15, -0.1) is 0 Å². The summed E-state index contributed by atoms with van der Waals surface area (Å²) in [5.41, 5.74) is 1.66. The van der Waals surface area contributed by atoms with Gasteiger partial charge in [-0.25, -0.2) is 0 Å². The molecule has 134 valence electrons. The molecule has 0 bridgehead atoms. The highest BCUT2D eigenvalue weighted by Crippen LogP contribution is 2.17. The number of likely N-dealkylation sites (tertiary alicyclic amines) is 1. The van der Waals surface area contributed by atoms with Crippen molar-refractivity contribution in [2.75, 3.05) is 19.6 Å². The van der Waals surface area contributed by atoms with E-state index in [-0.39, 0.29) is 18.2 Å². The summed E-state index contributed by atoms with van der Waals surface area (Å²) in [4.78, 5) is 25.8. The zero-order valence-electron chi connectivity index (χ0n) is 14.6. The second-order valence-electron chi connectivity index (χ2n) is 6.51. The Morgan fingerprint density at radius 2 is 1.77 bits per heavy atom. The lowest BCUT2D eigenvalue weighted by molar-refractivity contribution is -0.131. The first-order valence-corrected chi connectivity index (χ1v) is 8.83. The number of piperidine rings is 1. The summed E-state index contributed by atoms with van der Waals surface area (Å²) >= 11 is 0. The van der Waals surface area contributed by atoms with Gasteiger partial charge in [0, 0.05) is 43.3 Å². The summed E-state index contributed by atoms with van der Waals surface area (Å²) in [5.74, 6) is 0.189. The maximum absolute atomic E-state index is 12.3. The number of hydrogen-bond donors (Lipinski definition) is 1. The molecule has 6 heteroatoms. The Hall–Kier alpha value is -3.07. The number of amides is 2. The fraction of sp³-hybridized carbons (Fsp3) is 0.350. The van der Waals surface area contributed by atoms with Gasteiger partial charge in [0.15, 0.2) is 0 Å². The van der Waals surface area contributed by atoms with E-state index in [4.69, 9.17) is 5.26 Å². The summed E-state index contributed by atoms with van der Waals surface area (Å²) in [6, 6.07) is 13.3. The lowest BCUT2D eigenvalue weighted by atomic mass is 9.96. The smallest absolute Gasteiger partial charge is 0.251 e. The molecule has 0 spiro atoms. The van der Waals surface area contributed by atoms with Crippen molar-refractivity contribution in [2.24, 2.45) is 5.92 Å². The Morgan fingerprint density at radius 1 is 1.12 bits per heavy atom. The van der Waals surface area contributed by atoms with Crippen LogP contribution in [-0.4, -0.2) is 40.9 Å². The third-order valence-electron chi connectivity index (χ3n) is 4.78. The van der Waals surface area contributed by atoms with E-state index in [1.54, 1.807) is 4.90 Å². The van der Waals surface area contributed by atoms with E-state index < -0.39 is 0 Å². The Bertz CT molecular complexity index is 782. The largest absolute Gasteiger partial charge is 0.352 e. The van der Waals surface area contributed by atoms with Crippen LogP contribution in [0.4, 0.5) is 0 Å². The summed E-state index contributed by atoms with van der Waals surface area (Å²) < 4.78 is 1.99. The molecule has 0 atom stereocenters. The van der Waals surface area contributed by atoms with E-state index in [0.717, 1.165) is 18.5 Å². The van der Waals surface area contributed by atoms with Crippen molar-refractivity contribution in [3.05, 3.63) is 54.4 Å². The standard InChI is InChI=1S/C20H22N4O2/c21-10-7-19(25)24-13-8-16(9-14-24)15-22-20(26)17-3-5-18(6-4-17)23-11-1-2-12-23/h1-6,11-12,16H,7-9,13-15H2,(H,22,26). The topological polar surface area (TPSA) is 78.1 Å². The quantitative estimate of drug-likeness (QED) is 0.899. The zero-order chi connectivity index (χ0) is 18.4. The predicted octanol–water partition coefficient (Wildman–Crippen LogP) is 2.36. The molecule has 2 heterocycles. The van der Waals surface area contributed by atoms with Crippen LogP contribution in [0, 0.1) is 17.2 Å².